The molecule has 27 heavy (non-hydrogen) atoms. The van der Waals surface area contributed by atoms with Crippen LogP contribution in [0.5, 0.6) is 0 Å². The van der Waals surface area contributed by atoms with Crippen molar-refractivity contribution in [3.05, 3.63) is 82.4 Å². The molecule has 136 valence electrons. The van der Waals surface area contributed by atoms with Crippen LogP contribution in [0.15, 0.2) is 66.7 Å². The van der Waals surface area contributed by atoms with E-state index in [0.717, 1.165) is 10.8 Å². The summed E-state index contributed by atoms with van der Waals surface area (Å²) in [5.74, 6) is -1.46. The molecule has 0 spiro atoms. The van der Waals surface area contributed by atoms with Gasteiger partial charge in [-0.1, -0.05) is 48.5 Å². The minimum atomic E-state index is -1.13. The fraction of sp³-hybridized carbons (Fsp3) is 0.100. The Labute approximate surface area is 154 Å². The van der Waals surface area contributed by atoms with Crippen molar-refractivity contribution in [2.75, 3.05) is 5.32 Å². The number of nitrogens with one attached hydrogen (secondary N) is 1. The monoisotopic (exact) mass is 364 g/mol. The van der Waals surface area contributed by atoms with Gasteiger partial charge in [-0.15, -0.1) is 0 Å². The third-order valence-corrected chi connectivity index (χ3v) is 4.02. The number of carbonyl (C=O) groups excluding carboxylic acids is 2. The first-order valence-corrected chi connectivity index (χ1v) is 8.20. The molecule has 7 nitrogen and oxygen atoms in total. The number of para-hydroxylation sites is 1. The molecule has 0 bridgehead atoms. The van der Waals surface area contributed by atoms with Crippen LogP contribution < -0.4 is 5.32 Å². The molecule has 3 aromatic carbocycles. The second-order valence-corrected chi connectivity index (χ2v) is 5.84. The molecule has 1 amide bonds. The largest absolute Gasteiger partial charge is 0.449 e. The lowest BCUT2D eigenvalue weighted by atomic mass is 10.1. The van der Waals surface area contributed by atoms with Crippen molar-refractivity contribution in [3.63, 3.8) is 0 Å². The van der Waals surface area contributed by atoms with Gasteiger partial charge in [-0.25, -0.2) is 4.79 Å². The number of rotatable bonds is 5. The summed E-state index contributed by atoms with van der Waals surface area (Å²) < 4.78 is 5.12. The molecule has 0 aliphatic heterocycles. The molecule has 0 heterocycles. The molecular formula is C20H16N2O5. The Balaban J connectivity index is 1.74. The van der Waals surface area contributed by atoms with Gasteiger partial charge < -0.3 is 10.1 Å². The Morgan fingerprint density at radius 1 is 1.00 bits per heavy atom. The number of hydrogen-bond acceptors (Lipinski definition) is 5. The van der Waals surface area contributed by atoms with Gasteiger partial charge in [0, 0.05) is 17.1 Å². The minimum absolute atomic E-state index is 0.202. The van der Waals surface area contributed by atoms with Gasteiger partial charge in [0.25, 0.3) is 11.6 Å². The van der Waals surface area contributed by atoms with Gasteiger partial charge in [-0.2, -0.15) is 0 Å². The van der Waals surface area contributed by atoms with Crippen LogP contribution >= 0.6 is 0 Å². The first-order valence-electron chi connectivity index (χ1n) is 8.20. The van der Waals surface area contributed by atoms with Crippen molar-refractivity contribution in [1.29, 1.82) is 0 Å². The van der Waals surface area contributed by atoms with Gasteiger partial charge in [0.05, 0.1) is 4.92 Å². The van der Waals surface area contributed by atoms with Crippen molar-refractivity contribution in [2.24, 2.45) is 0 Å². The normalized spacial score (nSPS) is 11.6. The van der Waals surface area contributed by atoms with Crippen molar-refractivity contribution in [2.45, 2.75) is 13.0 Å². The minimum Gasteiger partial charge on any atom is -0.449 e. The van der Waals surface area contributed by atoms with Crippen LogP contribution in [0.2, 0.25) is 0 Å². The number of fused-ring (bicyclic) bond motifs is 1. The number of carbonyl (C=O) groups is 2. The quantitative estimate of drug-likeness (QED) is 0.420. The topological polar surface area (TPSA) is 98.5 Å². The van der Waals surface area contributed by atoms with E-state index in [1.807, 2.05) is 36.4 Å². The van der Waals surface area contributed by atoms with Crippen LogP contribution in [0.4, 0.5) is 11.4 Å². The Morgan fingerprint density at radius 3 is 2.44 bits per heavy atom. The maximum atomic E-state index is 12.4. The number of nitrogens with zero attached hydrogens (tertiary/aromatic N) is 1. The van der Waals surface area contributed by atoms with Crippen LogP contribution in [0.25, 0.3) is 10.8 Å². The van der Waals surface area contributed by atoms with Gasteiger partial charge in [-0.3, -0.25) is 14.9 Å². The van der Waals surface area contributed by atoms with Gasteiger partial charge in [0.15, 0.2) is 6.10 Å². The summed E-state index contributed by atoms with van der Waals surface area (Å²) in [6.45, 7) is 1.41. The zero-order valence-electron chi connectivity index (χ0n) is 14.4. The molecule has 7 heteroatoms. The summed E-state index contributed by atoms with van der Waals surface area (Å²) in [6, 6.07) is 18.4. The molecule has 0 aromatic heterocycles. The van der Waals surface area contributed by atoms with Crippen LogP contribution in [-0.4, -0.2) is 22.9 Å². The summed E-state index contributed by atoms with van der Waals surface area (Å²) in [5, 5.41) is 15.6. The average molecular weight is 364 g/mol. The lowest BCUT2D eigenvalue weighted by Crippen LogP contribution is -2.30. The van der Waals surface area contributed by atoms with Crippen molar-refractivity contribution >= 4 is 34.0 Å². The number of nitro groups is 1. The van der Waals surface area contributed by atoms with E-state index in [4.69, 9.17) is 4.74 Å². The maximum absolute atomic E-state index is 12.4. The molecule has 1 unspecified atom stereocenters. The summed E-state index contributed by atoms with van der Waals surface area (Å²) >= 11 is 0. The fourth-order valence-electron chi connectivity index (χ4n) is 2.65. The second kappa shape index (κ2) is 7.65. The summed E-state index contributed by atoms with van der Waals surface area (Å²) in [5.41, 5.74) is 0.0168. The van der Waals surface area contributed by atoms with Crippen LogP contribution in [0, 0.1) is 10.1 Å². The SMILES string of the molecule is CC(OC(=O)c1ccccc1[N+](=O)[O-])C(=O)Nc1cccc2ccccc12. The highest BCUT2D eigenvalue weighted by atomic mass is 16.6. The van der Waals surface area contributed by atoms with Crippen molar-refractivity contribution in [3.8, 4) is 0 Å². The third-order valence-electron chi connectivity index (χ3n) is 4.02. The Kier molecular flexibility index (Phi) is 5.12. The number of nitro benzene ring substituents is 1. The van der Waals surface area contributed by atoms with Crippen LogP contribution in [0.1, 0.15) is 17.3 Å². The van der Waals surface area contributed by atoms with Crippen LogP contribution in [-0.2, 0) is 9.53 Å². The van der Waals surface area contributed by atoms with E-state index in [1.54, 1.807) is 6.07 Å². The number of anilines is 1. The summed E-state index contributed by atoms with van der Waals surface area (Å²) in [7, 11) is 0. The van der Waals surface area contributed by atoms with Gasteiger partial charge in [0.2, 0.25) is 0 Å². The predicted molar refractivity (Wildman–Crippen MR) is 101 cm³/mol. The Bertz CT molecular complexity index is 1030. The molecule has 1 N–H and O–H groups in total. The van der Waals surface area contributed by atoms with Crippen molar-refractivity contribution < 1.29 is 19.2 Å². The first kappa shape index (κ1) is 18.1. The zero-order valence-corrected chi connectivity index (χ0v) is 14.4. The van der Waals surface area contributed by atoms with E-state index in [-0.39, 0.29) is 11.3 Å². The molecule has 3 aromatic rings. The molecule has 0 fully saturated rings. The molecule has 3 rings (SSSR count). The Morgan fingerprint density at radius 2 is 1.67 bits per heavy atom. The van der Waals surface area contributed by atoms with Crippen molar-refractivity contribution in [1.82, 2.24) is 0 Å². The molecular weight excluding hydrogens is 348 g/mol. The van der Waals surface area contributed by atoms with E-state index < -0.39 is 22.9 Å². The summed E-state index contributed by atoms with van der Waals surface area (Å²) in [4.78, 5) is 35.0. The van der Waals surface area contributed by atoms with Gasteiger partial charge in [0.1, 0.15) is 5.56 Å². The number of ether oxygens (including phenoxy) is 1. The van der Waals surface area contributed by atoms with Crippen LogP contribution in [0.3, 0.4) is 0 Å². The van der Waals surface area contributed by atoms with E-state index in [9.17, 15) is 19.7 Å². The molecule has 0 aliphatic carbocycles. The molecule has 0 radical (unpaired) electrons. The average Bonchev–Trinajstić information content (AvgIpc) is 2.68. The summed E-state index contributed by atoms with van der Waals surface area (Å²) in [6.07, 6.45) is -1.13. The number of hydrogen-bond donors (Lipinski definition) is 1. The highest BCUT2D eigenvalue weighted by Crippen LogP contribution is 2.23. The maximum Gasteiger partial charge on any atom is 0.345 e. The Hall–Kier alpha value is -3.74. The van der Waals surface area contributed by atoms with E-state index in [2.05, 4.69) is 5.32 Å². The molecule has 1 atom stereocenters. The lowest BCUT2D eigenvalue weighted by Gasteiger charge is -2.14. The molecule has 0 saturated carbocycles. The fourth-order valence-corrected chi connectivity index (χ4v) is 2.65. The van der Waals surface area contributed by atoms with E-state index in [1.165, 1.54) is 31.2 Å². The zero-order chi connectivity index (χ0) is 19.4. The standard InChI is InChI=1S/C20H16N2O5/c1-13(27-20(24)16-10-4-5-12-18(16)22(25)26)19(23)21-17-11-6-8-14-7-2-3-9-15(14)17/h2-13H,1H3,(H,21,23). The molecule has 0 saturated heterocycles. The van der Waals surface area contributed by atoms with E-state index >= 15 is 0 Å². The van der Waals surface area contributed by atoms with E-state index in [0.29, 0.717) is 5.69 Å². The first-order chi connectivity index (χ1) is 13.0. The third kappa shape index (κ3) is 3.92. The number of esters is 1. The predicted octanol–water partition coefficient (Wildman–Crippen LogP) is 3.93. The molecule has 0 aliphatic rings. The lowest BCUT2D eigenvalue weighted by molar-refractivity contribution is -0.385. The van der Waals surface area contributed by atoms with Gasteiger partial charge >= 0.3 is 5.97 Å². The number of amides is 1. The van der Waals surface area contributed by atoms with Gasteiger partial charge in [-0.05, 0) is 24.4 Å². The highest BCUT2D eigenvalue weighted by molar-refractivity contribution is 6.04. The number of benzene rings is 3. The second-order valence-electron chi connectivity index (χ2n) is 5.84. The smallest absolute Gasteiger partial charge is 0.345 e. The highest BCUT2D eigenvalue weighted by Gasteiger charge is 2.25.